The lowest BCUT2D eigenvalue weighted by Crippen LogP contribution is -2.26. The zero-order valence-corrected chi connectivity index (χ0v) is 10.3. The zero-order valence-electron chi connectivity index (χ0n) is 10.3. The molecule has 0 aliphatic heterocycles. The van der Waals surface area contributed by atoms with Gasteiger partial charge in [-0.15, -0.1) is 0 Å². The first kappa shape index (κ1) is 12.8. The summed E-state index contributed by atoms with van der Waals surface area (Å²) >= 11 is 0. The number of aliphatic hydroxyl groups excluding tert-OH is 1. The molecule has 0 bridgehead atoms. The third kappa shape index (κ3) is 4.06. The molecule has 0 aliphatic carbocycles. The van der Waals surface area contributed by atoms with Gasteiger partial charge in [-0.3, -0.25) is 0 Å². The number of pyridine rings is 1. The second-order valence-corrected chi connectivity index (χ2v) is 4.06. The molecule has 0 saturated heterocycles. The van der Waals surface area contributed by atoms with Crippen LogP contribution in [0.25, 0.3) is 0 Å². The Bertz CT molecular complexity index is 315. The Labute approximate surface area is 97.3 Å². The highest BCUT2D eigenvalue weighted by molar-refractivity contribution is 5.53. The Hall–Kier alpha value is -1.29. The number of likely N-dealkylation sites (N-methyl/N-ethyl adjacent to an activating group) is 1. The van der Waals surface area contributed by atoms with Gasteiger partial charge in [0.2, 0.25) is 0 Å². The van der Waals surface area contributed by atoms with E-state index in [9.17, 15) is 5.11 Å². The third-order valence-corrected chi connectivity index (χ3v) is 2.28. The Morgan fingerprint density at radius 3 is 2.94 bits per heavy atom. The summed E-state index contributed by atoms with van der Waals surface area (Å²) in [5.74, 6) is 0.886. The fraction of sp³-hybridized carbons (Fsp3) is 0.583. The van der Waals surface area contributed by atoms with Crippen molar-refractivity contribution in [3.8, 4) is 0 Å². The van der Waals surface area contributed by atoms with Crippen molar-refractivity contribution in [3.05, 3.63) is 18.3 Å². The van der Waals surface area contributed by atoms with Gasteiger partial charge < -0.3 is 15.3 Å². The number of anilines is 2. The fourth-order valence-electron chi connectivity index (χ4n) is 1.51. The lowest BCUT2D eigenvalue weighted by Gasteiger charge is -2.21. The van der Waals surface area contributed by atoms with E-state index in [0.717, 1.165) is 24.5 Å². The predicted octanol–water partition coefficient (Wildman–Crippen LogP) is 1.72. The van der Waals surface area contributed by atoms with Crippen LogP contribution in [0.4, 0.5) is 11.5 Å². The van der Waals surface area contributed by atoms with Crippen LogP contribution >= 0.6 is 0 Å². The van der Waals surface area contributed by atoms with Crippen molar-refractivity contribution < 1.29 is 5.11 Å². The maximum Gasteiger partial charge on any atom is 0.127 e. The van der Waals surface area contributed by atoms with Crippen molar-refractivity contribution in [1.82, 2.24) is 4.98 Å². The molecule has 4 nitrogen and oxygen atoms in total. The first-order valence-electron chi connectivity index (χ1n) is 5.72. The van der Waals surface area contributed by atoms with Crippen LogP contribution in [-0.4, -0.2) is 36.3 Å². The normalized spacial score (nSPS) is 12.2. The van der Waals surface area contributed by atoms with Crippen molar-refractivity contribution in [1.29, 1.82) is 0 Å². The second-order valence-electron chi connectivity index (χ2n) is 4.06. The molecule has 16 heavy (non-hydrogen) atoms. The molecular formula is C12H21N3O. The van der Waals surface area contributed by atoms with Gasteiger partial charge in [-0.05, 0) is 19.4 Å². The smallest absolute Gasteiger partial charge is 0.127 e. The van der Waals surface area contributed by atoms with Gasteiger partial charge in [0.15, 0.2) is 0 Å². The summed E-state index contributed by atoms with van der Waals surface area (Å²) in [5.41, 5.74) is 1.06. The van der Waals surface area contributed by atoms with Gasteiger partial charge in [0.25, 0.3) is 0 Å². The number of hydrogen-bond acceptors (Lipinski definition) is 4. The fourth-order valence-corrected chi connectivity index (χ4v) is 1.51. The molecule has 1 aromatic heterocycles. The van der Waals surface area contributed by atoms with E-state index < -0.39 is 0 Å². The molecule has 4 heteroatoms. The molecule has 1 aromatic rings. The molecule has 1 unspecified atom stereocenters. The predicted molar refractivity (Wildman–Crippen MR) is 68.0 cm³/mol. The second kappa shape index (κ2) is 6.33. The van der Waals surface area contributed by atoms with E-state index in [0.29, 0.717) is 6.54 Å². The summed E-state index contributed by atoms with van der Waals surface area (Å²) in [7, 11) is 1.96. The Balaban J connectivity index is 2.65. The molecule has 2 N–H and O–H groups in total. The molecule has 0 radical (unpaired) electrons. The maximum atomic E-state index is 9.32. The Kier molecular flexibility index (Phi) is 5.05. The highest BCUT2D eigenvalue weighted by atomic mass is 16.3. The molecule has 0 saturated carbocycles. The van der Waals surface area contributed by atoms with Crippen molar-refractivity contribution in [2.75, 3.05) is 30.4 Å². The topological polar surface area (TPSA) is 48.4 Å². The monoisotopic (exact) mass is 223 g/mol. The molecule has 1 rings (SSSR count). The number of nitrogens with zero attached hydrogens (tertiary/aromatic N) is 2. The van der Waals surface area contributed by atoms with Gasteiger partial charge in [0.1, 0.15) is 5.82 Å². The van der Waals surface area contributed by atoms with Gasteiger partial charge >= 0.3 is 0 Å². The number of nitrogens with one attached hydrogen (secondary N) is 1. The van der Waals surface area contributed by atoms with Gasteiger partial charge in [0.05, 0.1) is 6.10 Å². The average molecular weight is 223 g/mol. The Morgan fingerprint density at radius 2 is 2.31 bits per heavy atom. The number of rotatable bonds is 6. The van der Waals surface area contributed by atoms with E-state index in [2.05, 4.69) is 17.2 Å². The van der Waals surface area contributed by atoms with Crippen molar-refractivity contribution in [2.45, 2.75) is 26.4 Å². The van der Waals surface area contributed by atoms with Crippen LogP contribution in [-0.2, 0) is 0 Å². The molecular weight excluding hydrogens is 202 g/mol. The minimum atomic E-state index is -0.329. The summed E-state index contributed by atoms with van der Waals surface area (Å²) in [6, 6.07) is 3.94. The SMILES string of the molecule is CCCNc1cc(N(C)CC(C)O)ccn1. The van der Waals surface area contributed by atoms with Crippen LogP contribution in [0, 0.1) is 0 Å². The molecule has 1 atom stereocenters. The van der Waals surface area contributed by atoms with E-state index in [1.54, 1.807) is 13.1 Å². The average Bonchev–Trinajstić information content (AvgIpc) is 2.26. The highest BCUT2D eigenvalue weighted by Gasteiger charge is 2.05. The van der Waals surface area contributed by atoms with E-state index in [4.69, 9.17) is 0 Å². The lowest BCUT2D eigenvalue weighted by atomic mass is 10.3. The Morgan fingerprint density at radius 1 is 1.56 bits per heavy atom. The van der Waals surface area contributed by atoms with Gasteiger partial charge in [-0.2, -0.15) is 0 Å². The van der Waals surface area contributed by atoms with Crippen LogP contribution < -0.4 is 10.2 Å². The first-order chi connectivity index (χ1) is 7.63. The van der Waals surface area contributed by atoms with Crippen LogP contribution in [0.15, 0.2) is 18.3 Å². The summed E-state index contributed by atoms with van der Waals surface area (Å²) in [5, 5.41) is 12.6. The summed E-state index contributed by atoms with van der Waals surface area (Å²) in [6.45, 7) is 5.46. The molecule has 0 spiro atoms. The highest BCUT2D eigenvalue weighted by Crippen LogP contribution is 2.16. The van der Waals surface area contributed by atoms with Crippen LogP contribution in [0.5, 0.6) is 0 Å². The zero-order chi connectivity index (χ0) is 12.0. The quantitative estimate of drug-likeness (QED) is 0.771. The molecule has 1 heterocycles. The largest absolute Gasteiger partial charge is 0.392 e. The van der Waals surface area contributed by atoms with Crippen LogP contribution in [0.3, 0.4) is 0 Å². The third-order valence-electron chi connectivity index (χ3n) is 2.28. The summed E-state index contributed by atoms with van der Waals surface area (Å²) in [4.78, 5) is 6.26. The van der Waals surface area contributed by atoms with E-state index >= 15 is 0 Å². The number of aromatic nitrogens is 1. The molecule has 0 amide bonds. The molecule has 0 fully saturated rings. The number of aliphatic hydroxyl groups is 1. The lowest BCUT2D eigenvalue weighted by molar-refractivity contribution is 0.201. The standard InChI is InChI=1S/C12H21N3O/c1-4-6-13-12-8-11(5-7-14-12)15(3)9-10(2)16/h5,7-8,10,16H,4,6,9H2,1-3H3,(H,13,14). The number of hydrogen-bond donors (Lipinski definition) is 2. The van der Waals surface area contributed by atoms with Gasteiger partial charge in [-0.25, -0.2) is 4.98 Å². The maximum absolute atomic E-state index is 9.32. The van der Waals surface area contributed by atoms with Crippen molar-refractivity contribution in [2.24, 2.45) is 0 Å². The van der Waals surface area contributed by atoms with Crippen LogP contribution in [0.2, 0.25) is 0 Å². The van der Waals surface area contributed by atoms with Crippen molar-refractivity contribution in [3.63, 3.8) is 0 Å². The van der Waals surface area contributed by atoms with Crippen molar-refractivity contribution >= 4 is 11.5 Å². The minimum absolute atomic E-state index is 0.329. The van der Waals surface area contributed by atoms with Gasteiger partial charge in [-0.1, -0.05) is 6.92 Å². The van der Waals surface area contributed by atoms with Gasteiger partial charge in [0, 0.05) is 38.1 Å². The summed E-state index contributed by atoms with van der Waals surface area (Å²) < 4.78 is 0. The molecule has 0 aromatic carbocycles. The van der Waals surface area contributed by atoms with E-state index in [1.807, 2.05) is 24.1 Å². The first-order valence-corrected chi connectivity index (χ1v) is 5.72. The van der Waals surface area contributed by atoms with E-state index in [1.165, 1.54) is 0 Å². The van der Waals surface area contributed by atoms with E-state index in [-0.39, 0.29) is 6.10 Å². The minimum Gasteiger partial charge on any atom is -0.392 e. The van der Waals surface area contributed by atoms with Crippen LogP contribution in [0.1, 0.15) is 20.3 Å². The molecule has 0 aliphatic rings. The summed E-state index contributed by atoms with van der Waals surface area (Å²) in [6.07, 6.45) is 2.53. The molecule has 90 valence electrons.